The Bertz CT molecular complexity index is 1340. The molecule has 0 atom stereocenters. The molecule has 2 aromatic heterocycles. The number of fused-ring (bicyclic) bond motifs is 1. The highest BCUT2D eigenvalue weighted by Crippen LogP contribution is 2.28. The van der Waals surface area contributed by atoms with E-state index in [9.17, 15) is 14.9 Å². The average molecular weight is 428 g/mol. The summed E-state index contributed by atoms with van der Waals surface area (Å²) in [6.45, 7) is 0. The largest absolute Gasteiger partial charge is 0.457 e. The summed E-state index contributed by atoms with van der Waals surface area (Å²) < 4.78 is 5.71. The van der Waals surface area contributed by atoms with Crippen LogP contribution in [0.4, 0.5) is 5.69 Å². The molecule has 0 aliphatic heterocycles. The van der Waals surface area contributed by atoms with Gasteiger partial charge < -0.3 is 9.40 Å². The zero-order valence-corrected chi connectivity index (χ0v) is 16.1. The Morgan fingerprint density at radius 1 is 1.17 bits per heavy atom. The van der Waals surface area contributed by atoms with Crippen molar-refractivity contribution in [2.75, 3.05) is 0 Å². The molecule has 144 valence electrons. The van der Waals surface area contributed by atoms with Crippen LogP contribution >= 0.6 is 23.2 Å². The van der Waals surface area contributed by atoms with Crippen LogP contribution in [0.3, 0.4) is 0 Å². The standard InChI is InChI=1S/C20H11Cl2N3O4/c21-12-4-6-15-17(9-12)23-19(24-20(15)26)16(22)10-14-5-7-18(29-14)11-2-1-3-13(8-11)25(27)28/h1-10H,(H,23,24,26)/b16-10-. The first-order chi connectivity index (χ1) is 13.9. The number of hydrogen-bond donors (Lipinski definition) is 1. The van der Waals surface area contributed by atoms with E-state index in [-0.39, 0.29) is 22.1 Å². The van der Waals surface area contributed by atoms with Gasteiger partial charge in [-0.05, 0) is 30.3 Å². The van der Waals surface area contributed by atoms with E-state index in [0.29, 0.717) is 33.0 Å². The van der Waals surface area contributed by atoms with Crippen molar-refractivity contribution in [2.24, 2.45) is 0 Å². The Morgan fingerprint density at radius 3 is 2.79 bits per heavy atom. The minimum absolute atomic E-state index is 0.0365. The molecule has 0 fully saturated rings. The molecular weight excluding hydrogens is 417 g/mol. The van der Waals surface area contributed by atoms with Crippen LogP contribution in [0.1, 0.15) is 11.6 Å². The van der Waals surface area contributed by atoms with Crippen molar-refractivity contribution >= 4 is 50.9 Å². The van der Waals surface area contributed by atoms with Crippen molar-refractivity contribution < 1.29 is 9.34 Å². The molecule has 0 saturated carbocycles. The minimum atomic E-state index is -0.474. The second-order valence-corrected chi connectivity index (χ2v) is 6.92. The third-order valence-electron chi connectivity index (χ3n) is 4.13. The molecule has 29 heavy (non-hydrogen) atoms. The maximum atomic E-state index is 12.2. The van der Waals surface area contributed by atoms with E-state index >= 15 is 0 Å². The molecule has 4 aromatic rings. The van der Waals surface area contributed by atoms with Gasteiger partial charge in [0.1, 0.15) is 11.5 Å². The van der Waals surface area contributed by atoms with Crippen LogP contribution in [0.15, 0.2) is 63.8 Å². The fourth-order valence-corrected chi connectivity index (χ4v) is 3.14. The summed E-state index contributed by atoms with van der Waals surface area (Å²) in [5.41, 5.74) is 0.594. The predicted molar refractivity (Wildman–Crippen MR) is 112 cm³/mol. The second-order valence-electron chi connectivity index (χ2n) is 6.08. The van der Waals surface area contributed by atoms with Crippen LogP contribution in [-0.2, 0) is 0 Å². The van der Waals surface area contributed by atoms with Gasteiger partial charge in [0, 0.05) is 28.8 Å². The molecule has 2 aromatic carbocycles. The van der Waals surface area contributed by atoms with Gasteiger partial charge in [-0.3, -0.25) is 14.9 Å². The van der Waals surface area contributed by atoms with Gasteiger partial charge in [0.2, 0.25) is 0 Å². The fraction of sp³-hybridized carbons (Fsp3) is 0. The van der Waals surface area contributed by atoms with Gasteiger partial charge in [-0.1, -0.05) is 35.3 Å². The fourth-order valence-electron chi connectivity index (χ4n) is 2.78. The first-order valence-electron chi connectivity index (χ1n) is 8.32. The molecule has 1 N–H and O–H groups in total. The van der Waals surface area contributed by atoms with Crippen molar-refractivity contribution in [3.05, 3.63) is 91.7 Å². The maximum absolute atomic E-state index is 12.2. The van der Waals surface area contributed by atoms with Crippen molar-refractivity contribution in [1.82, 2.24) is 9.97 Å². The topological polar surface area (TPSA) is 102 Å². The summed E-state index contributed by atoms with van der Waals surface area (Å²) in [7, 11) is 0. The van der Waals surface area contributed by atoms with E-state index in [1.54, 1.807) is 42.5 Å². The highest BCUT2D eigenvalue weighted by Gasteiger charge is 2.11. The predicted octanol–water partition coefficient (Wildman–Crippen LogP) is 5.48. The number of nitrogens with one attached hydrogen (secondary N) is 1. The quantitative estimate of drug-likeness (QED) is 0.343. The van der Waals surface area contributed by atoms with Crippen LogP contribution in [0.25, 0.3) is 33.3 Å². The van der Waals surface area contributed by atoms with Gasteiger partial charge in [-0.25, -0.2) is 4.98 Å². The molecule has 0 bridgehead atoms. The molecular formula is C20H11Cl2N3O4. The lowest BCUT2D eigenvalue weighted by Gasteiger charge is -2.02. The van der Waals surface area contributed by atoms with Crippen molar-refractivity contribution in [2.45, 2.75) is 0 Å². The number of nitro benzene ring substituents is 1. The number of nitrogens with zero attached hydrogens (tertiary/aromatic N) is 2. The highest BCUT2D eigenvalue weighted by atomic mass is 35.5. The summed E-state index contributed by atoms with van der Waals surface area (Å²) >= 11 is 12.3. The van der Waals surface area contributed by atoms with Gasteiger partial charge in [0.15, 0.2) is 5.82 Å². The lowest BCUT2D eigenvalue weighted by Crippen LogP contribution is -2.10. The molecule has 0 aliphatic carbocycles. The van der Waals surface area contributed by atoms with Gasteiger partial charge in [-0.2, -0.15) is 0 Å². The summed E-state index contributed by atoms with van der Waals surface area (Å²) in [6, 6.07) is 14.2. The lowest BCUT2D eigenvalue weighted by atomic mass is 10.1. The number of non-ortho nitro benzene ring substituents is 1. The molecule has 0 unspecified atom stereocenters. The zero-order chi connectivity index (χ0) is 20.5. The summed E-state index contributed by atoms with van der Waals surface area (Å²) in [5, 5.41) is 11.9. The Morgan fingerprint density at radius 2 is 2.00 bits per heavy atom. The number of H-pyrrole nitrogens is 1. The highest BCUT2D eigenvalue weighted by molar-refractivity contribution is 6.50. The first-order valence-corrected chi connectivity index (χ1v) is 9.08. The Hall–Kier alpha value is -3.42. The molecule has 0 spiro atoms. The van der Waals surface area contributed by atoms with Gasteiger partial charge in [0.25, 0.3) is 11.2 Å². The van der Waals surface area contributed by atoms with Crippen molar-refractivity contribution in [1.29, 1.82) is 0 Å². The van der Waals surface area contributed by atoms with Gasteiger partial charge in [-0.15, -0.1) is 0 Å². The molecule has 0 aliphatic rings. The normalized spacial score (nSPS) is 11.7. The van der Waals surface area contributed by atoms with E-state index in [0.717, 1.165) is 0 Å². The Balaban J connectivity index is 1.69. The number of nitro groups is 1. The average Bonchev–Trinajstić information content (AvgIpc) is 3.16. The molecule has 0 saturated heterocycles. The number of rotatable bonds is 4. The number of aromatic amines is 1. The molecule has 2 heterocycles. The Labute approximate surface area is 173 Å². The maximum Gasteiger partial charge on any atom is 0.270 e. The number of furan rings is 1. The number of halogens is 2. The van der Waals surface area contributed by atoms with Crippen molar-refractivity contribution in [3.8, 4) is 11.3 Å². The number of aromatic nitrogens is 2. The molecule has 0 amide bonds. The van der Waals surface area contributed by atoms with Gasteiger partial charge in [0.05, 0.1) is 20.9 Å². The van der Waals surface area contributed by atoms with E-state index in [1.807, 2.05) is 0 Å². The van der Waals surface area contributed by atoms with Crippen LogP contribution in [0, 0.1) is 10.1 Å². The molecule has 7 nitrogen and oxygen atoms in total. The minimum Gasteiger partial charge on any atom is -0.457 e. The second kappa shape index (κ2) is 7.54. The lowest BCUT2D eigenvalue weighted by molar-refractivity contribution is -0.384. The van der Waals surface area contributed by atoms with E-state index in [1.165, 1.54) is 18.2 Å². The van der Waals surface area contributed by atoms with Crippen LogP contribution in [0.5, 0.6) is 0 Å². The summed E-state index contributed by atoms with van der Waals surface area (Å²) in [6.07, 6.45) is 1.50. The smallest absolute Gasteiger partial charge is 0.270 e. The van der Waals surface area contributed by atoms with E-state index < -0.39 is 4.92 Å². The summed E-state index contributed by atoms with van der Waals surface area (Å²) in [5.74, 6) is 1.00. The van der Waals surface area contributed by atoms with Crippen LogP contribution in [0.2, 0.25) is 5.02 Å². The number of benzene rings is 2. The molecule has 0 radical (unpaired) electrons. The Kier molecular flexibility index (Phi) is 4.92. The third kappa shape index (κ3) is 3.91. The third-order valence-corrected chi connectivity index (χ3v) is 4.66. The van der Waals surface area contributed by atoms with E-state index in [2.05, 4.69) is 9.97 Å². The molecule has 4 rings (SSSR count). The van der Waals surface area contributed by atoms with Crippen LogP contribution < -0.4 is 5.56 Å². The van der Waals surface area contributed by atoms with Crippen LogP contribution in [-0.4, -0.2) is 14.9 Å². The van der Waals surface area contributed by atoms with Crippen molar-refractivity contribution in [3.63, 3.8) is 0 Å². The SMILES string of the molecule is O=c1[nH]c(/C(Cl)=C/c2ccc(-c3cccc([N+](=O)[O-])c3)o2)nc2cc(Cl)ccc12. The van der Waals surface area contributed by atoms with Gasteiger partial charge >= 0.3 is 0 Å². The monoisotopic (exact) mass is 427 g/mol. The summed E-state index contributed by atoms with van der Waals surface area (Å²) in [4.78, 5) is 29.7. The van der Waals surface area contributed by atoms with E-state index in [4.69, 9.17) is 27.6 Å². The zero-order valence-electron chi connectivity index (χ0n) is 14.6. The number of hydrogen-bond acceptors (Lipinski definition) is 5. The molecule has 9 heteroatoms. The first kappa shape index (κ1) is 18.9.